The summed E-state index contributed by atoms with van der Waals surface area (Å²) in [5.41, 5.74) is 8.90. The first kappa shape index (κ1) is 14.1. The second-order valence-corrected chi connectivity index (χ2v) is 5.90. The fourth-order valence-corrected chi connectivity index (χ4v) is 3.21. The highest BCUT2D eigenvalue weighted by atomic mass is 32.2. The van der Waals surface area contributed by atoms with Crippen LogP contribution in [0.2, 0.25) is 0 Å². The Balaban J connectivity index is 2.41. The zero-order valence-electron chi connectivity index (χ0n) is 11.4. The quantitative estimate of drug-likeness (QED) is 0.885. The first-order valence-electron chi connectivity index (χ1n) is 6.28. The summed E-state index contributed by atoms with van der Waals surface area (Å²) in [6.45, 7) is 5.95. The van der Waals surface area contributed by atoms with E-state index >= 15 is 0 Å². The number of hydrogen-bond acceptors (Lipinski definition) is 2. The smallest absolute Gasteiger partial charge is 0.129 e. The van der Waals surface area contributed by atoms with Crippen LogP contribution in [0.25, 0.3) is 0 Å². The minimum atomic E-state index is -0.311. The molecule has 0 bridgehead atoms. The molecule has 0 unspecified atom stereocenters. The monoisotopic (exact) mass is 275 g/mol. The van der Waals surface area contributed by atoms with Crippen LogP contribution in [-0.4, -0.2) is 0 Å². The van der Waals surface area contributed by atoms with Gasteiger partial charge in [0.15, 0.2) is 0 Å². The van der Waals surface area contributed by atoms with Gasteiger partial charge in [-0.1, -0.05) is 35.5 Å². The molecular weight excluding hydrogens is 257 g/mol. The van der Waals surface area contributed by atoms with E-state index in [0.29, 0.717) is 5.56 Å². The van der Waals surface area contributed by atoms with Gasteiger partial charge in [0.1, 0.15) is 5.82 Å². The van der Waals surface area contributed by atoms with Gasteiger partial charge in [0.05, 0.1) is 0 Å². The second kappa shape index (κ2) is 5.76. The summed E-state index contributed by atoms with van der Waals surface area (Å²) in [6.07, 6.45) is 0. The van der Waals surface area contributed by atoms with Crippen LogP contribution in [0.15, 0.2) is 46.2 Å². The van der Waals surface area contributed by atoms with Crippen molar-refractivity contribution in [1.29, 1.82) is 0 Å². The molecule has 0 aromatic heterocycles. The number of aryl methyl sites for hydroxylation is 2. The lowest BCUT2D eigenvalue weighted by atomic mass is 10.1. The van der Waals surface area contributed by atoms with Crippen molar-refractivity contribution in [3.63, 3.8) is 0 Å². The zero-order valence-corrected chi connectivity index (χ0v) is 12.2. The van der Waals surface area contributed by atoms with Crippen molar-refractivity contribution in [2.45, 2.75) is 36.6 Å². The van der Waals surface area contributed by atoms with E-state index in [0.717, 1.165) is 9.79 Å². The molecule has 0 fully saturated rings. The number of halogens is 1. The Morgan fingerprint density at radius 1 is 1.11 bits per heavy atom. The molecule has 0 aliphatic rings. The van der Waals surface area contributed by atoms with Gasteiger partial charge in [0, 0.05) is 21.4 Å². The van der Waals surface area contributed by atoms with Crippen LogP contribution in [0.4, 0.5) is 4.39 Å². The van der Waals surface area contributed by atoms with Crippen molar-refractivity contribution in [1.82, 2.24) is 0 Å². The topological polar surface area (TPSA) is 26.0 Å². The predicted molar refractivity (Wildman–Crippen MR) is 79.0 cm³/mol. The van der Waals surface area contributed by atoms with E-state index in [9.17, 15) is 4.39 Å². The van der Waals surface area contributed by atoms with Crippen LogP contribution < -0.4 is 5.73 Å². The minimum absolute atomic E-state index is 0.232. The van der Waals surface area contributed by atoms with Crippen LogP contribution in [0.5, 0.6) is 0 Å². The number of benzene rings is 2. The van der Waals surface area contributed by atoms with Gasteiger partial charge in [-0.3, -0.25) is 0 Å². The third kappa shape index (κ3) is 3.17. The SMILES string of the molecule is Cc1ccc(Sc2cccc(F)c2[C@H](C)N)c(C)c1. The molecule has 0 saturated carbocycles. The van der Waals surface area contributed by atoms with Gasteiger partial charge in [0.2, 0.25) is 0 Å². The average molecular weight is 275 g/mol. The second-order valence-electron chi connectivity index (χ2n) is 4.81. The first-order valence-corrected chi connectivity index (χ1v) is 7.10. The maximum absolute atomic E-state index is 13.9. The molecule has 3 heteroatoms. The van der Waals surface area contributed by atoms with Gasteiger partial charge in [-0.05, 0) is 44.5 Å². The summed E-state index contributed by atoms with van der Waals surface area (Å²) in [4.78, 5) is 2.03. The summed E-state index contributed by atoms with van der Waals surface area (Å²) in [7, 11) is 0. The van der Waals surface area contributed by atoms with Crippen molar-refractivity contribution in [3.05, 3.63) is 58.9 Å². The first-order chi connectivity index (χ1) is 8.99. The molecule has 0 saturated heterocycles. The van der Waals surface area contributed by atoms with Crippen LogP contribution in [0.1, 0.15) is 29.7 Å². The third-order valence-electron chi connectivity index (χ3n) is 3.02. The Labute approximate surface area is 118 Å². The summed E-state index contributed by atoms with van der Waals surface area (Å²) in [5, 5.41) is 0. The van der Waals surface area contributed by atoms with Gasteiger partial charge in [-0.15, -0.1) is 0 Å². The Kier molecular flexibility index (Phi) is 4.27. The fourth-order valence-electron chi connectivity index (χ4n) is 2.08. The van der Waals surface area contributed by atoms with Crippen molar-refractivity contribution in [2.75, 3.05) is 0 Å². The zero-order chi connectivity index (χ0) is 14.0. The Hall–Kier alpha value is -1.32. The molecule has 0 aliphatic carbocycles. The van der Waals surface area contributed by atoms with Gasteiger partial charge < -0.3 is 5.73 Å². The van der Waals surface area contributed by atoms with Crippen LogP contribution in [-0.2, 0) is 0 Å². The summed E-state index contributed by atoms with van der Waals surface area (Å²) in [6, 6.07) is 11.1. The maximum atomic E-state index is 13.9. The molecule has 0 radical (unpaired) electrons. The Morgan fingerprint density at radius 2 is 1.84 bits per heavy atom. The molecule has 2 N–H and O–H groups in total. The van der Waals surface area contributed by atoms with Gasteiger partial charge in [0.25, 0.3) is 0 Å². The lowest BCUT2D eigenvalue weighted by Crippen LogP contribution is -2.09. The van der Waals surface area contributed by atoms with Gasteiger partial charge in [-0.25, -0.2) is 4.39 Å². The molecule has 2 rings (SSSR count). The van der Waals surface area contributed by atoms with E-state index in [2.05, 4.69) is 32.0 Å². The molecule has 2 aromatic rings. The Bertz CT molecular complexity index is 593. The third-order valence-corrected chi connectivity index (χ3v) is 4.27. The van der Waals surface area contributed by atoms with E-state index in [1.165, 1.54) is 17.2 Å². The van der Waals surface area contributed by atoms with E-state index in [1.54, 1.807) is 17.8 Å². The molecular formula is C16H18FNS. The summed E-state index contributed by atoms with van der Waals surface area (Å²) >= 11 is 1.57. The lowest BCUT2D eigenvalue weighted by molar-refractivity contribution is 0.585. The van der Waals surface area contributed by atoms with E-state index < -0.39 is 0 Å². The number of rotatable bonds is 3. The molecule has 0 amide bonds. The van der Waals surface area contributed by atoms with Gasteiger partial charge in [-0.2, -0.15) is 0 Å². The van der Waals surface area contributed by atoms with E-state index in [4.69, 9.17) is 5.73 Å². The predicted octanol–water partition coefficient (Wildman–Crippen LogP) is 4.61. The van der Waals surface area contributed by atoms with Crippen LogP contribution >= 0.6 is 11.8 Å². The summed E-state index contributed by atoms with van der Waals surface area (Å²) in [5.74, 6) is -0.232. The maximum Gasteiger partial charge on any atom is 0.129 e. The molecule has 100 valence electrons. The normalized spacial score (nSPS) is 12.5. The van der Waals surface area contributed by atoms with Crippen molar-refractivity contribution in [2.24, 2.45) is 5.73 Å². The molecule has 0 heterocycles. The molecule has 2 aromatic carbocycles. The highest BCUT2D eigenvalue weighted by Gasteiger charge is 2.14. The standard InChI is InChI=1S/C16H18FNS/c1-10-7-8-14(11(2)9-10)19-15-6-4-5-13(17)16(15)12(3)18/h4-9,12H,18H2,1-3H3/t12-/m0/s1. The lowest BCUT2D eigenvalue weighted by Gasteiger charge is -2.14. The average Bonchev–Trinajstić information content (AvgIpc) is 2.32. The molecule has 1 nitrogen and oxygen atoms in total. The summed E-state index contributed by atoms with van der Waals surface area (Å²) < 4.78 is 13.9. The van der Waals surface area contributed by atoms with Crippen LogP contribution in [0, 0.1) is 19.7 Å². The van der Waals surface area contributed by atoms with Crippen molar-refractivity contribution >= 4 is 11.8 Å². The largest absolute Gasteiger partial charge is 0.324 e. The molecule has 1 atom stereocenters. The molecule has 0 aliphatic heterocycles. The van der Waals surface area contributed by atoms with Gasteiger partial charge >= 0.3 is 0 Å². The number of nitrogens with two attached hydrogens (primary N) is 1. The fraction of sp³-hybridized carbons (Fsp3) is 0.250. The number of hydrogen-bond donors (Lipinski definition) is 1. The van der Waals surface area contributed by atoms with Crippen LogP contribution in [0.3, 0.4) is 0 Å². The molecule has 19 heavy (non-hydrogen) atoms. The Morgan fingerprint density at radius 3 is 2.47 bits per heavy atom. The highest BCUT2D eigenvalue weighted by molar-refractivity contribution is 7.99. The van der Waals surface area contributed by atoms with Crippen molar-refractivity contribution in [3.8, 4) is 0 Å². The molecule has 0 spiro atoms. The minimum Gasteiger partial charge on any atom is -0.324 e. The van der Waals surface area contributed by atoms with E-state index in [-0.39, 0.29) is 11.9 Å². The highest BCUT2D eigenvalue weighted by Crippen LogP contribution is 2.35. The van der Waals surface area contributed by atoms with Crippen molar-refractivity contribution < 1.29 is 4.39 Å². The van der Waals surface area contributed by atoms with E-state index in [1.807, 2.05) is 13.0 Å².